The summed E-state index contributed by atoms with van der Waals surface area (Å²) < 4.78 is 15.8. The Morgan fingerprint density at radius 1 is 1.15 bits per heavy atom. The molecule has 1 amide bonds. The van der Waals surface area contributed by atoms with Gasteiger partial charge in [-0.1, -0.05) is 25.1 Å². The van der Waals surface area contributed by atoms with Gasteiger partial charge in [0.25, 0.3) is 5.56 Å². The lowest BCUT2D eigenvalue weighted by Gasteiger charge is -2.17. The van der Waals surface area contributed by atoms with Gasteiger partial charge in [-0.15, -0.1) is 0 Å². The number of nitrogens with one attached hydrogen (secondary N) is 1. The molecule has 3 rings (SSSR count). The first kappa shape index (κ1) is 18.6. The van der Waals surface area contributed by atoms with Crippen LogP contribution in [0.4, 0.5) is 10.1 Å². The van der Waals surface area contributed by atoms with Gasteiger partial charge in [0.05, 0.1) is 10.9 Å². The van der Waals surface area contributed by atoms with Gasteiger partial charge in [0.2, 0.25) is 5.91 Å². The van der Waals surface area contributed by atoms with Gasteiger partial charge in [-0.2, -0.15) is 0 Å². The van der Waals surface area contributed by atoms with Gasteiger partial charge in [-0.05, 0) is 43.7 Å². The maximum atomic E-state index is 13.3. The quantitative estimate of drug-likeness (QED) is 0.752. The van der Waals surface area contributed by atoms with E-state index in [4.69, 9.17) is 0 Å². The molecule has 0 aliphatic heterocycles. The summed E-state index contributed by atoms with van der Waals surface area (Å²) in [4.78, 5) is 38.1. The predicted octanol–water partition coefficient (Wildman–Crippen LogP) is 2.91. The smallest absolute Gasteiger partial charge is 0.324 e. The summed E-state index contributed by atoms with van der Waals surface area (Å²) in [6.45, 7) is 3.38. The van der Waals surface area contributed by atoms with Gasteiger partial charge in [0.1, 0.15) is 12.4 Å². The first-order chi connectivity index (χ1) is 12.9. The van der Waals surface area contributed by atoms with Crippen LogP contribution in [-0.4, -0.2) is 15.0 Å². The molecule has 0 fully saturated rings. The summed E-state index contributed by atoms with van der Waals surface area (Å²) in [5.74, 6) is -0.956. The lowest BCUT2D eigenvalue weighted by molar-refractivity contribution is -0.116. The van der Waals surface area contributed by atoms with Gasteiger partial charge in [-0.3, -0.25) is 18.7 Å². The molecule has 0 bridgehead atoms. The molecule has 0 saturated heterocycles. The fourth-order valence-electron chi connectivity index (χ4n) is 2.97. The molecular weight excluding hydrogens is 349 g/mol. The number of benzene rings is 2. The van der Waals surface area contributed by atoms with Crippen LogP contribution in [0.1, 0.15) is 26.3 Å². The molecule has 1 unspecified atom stereocenters. The number of hydrogen-bond donors (Lipinski definition) is 1. The van der Waals surface area contributed by atoms with E-state index < -0.39 is 17.4 Å². The number of aromatic nitrogens is 2. The van der Waals surface area contributed by atoms with Gasteiger partial charge in [-0.25, -0.2) is 9.18 Å². The van der Waals surface area contributed by atoms with Crippen molar-refractivity contribution in [2.24, 2.45) is 0 Å². The fraction of sp³-hybridized carbons (Fsp3) is 0.250. The highest BCUT2D eigenvalue weighted by Crippen LogP contribution is 2.12. The molecule has 3 aromatic rings. The van der Waals surface area contributed by atoms with Crippen LogP contribution in [0.25, 0.3) is 10.9 Å². The molecule has 0 aliphatic carbocycles. The second-order valence-corrected chi connectivity index (χ2v) is 6.38. The Hall–Kier alpha value is -3.22. The van der Waals surface area contributed by atoms with Crippen molar-refractivity contribution in [1.29, 1.82) is 0 Å². The minimum atomic E-state index is -0.539. The number of amides is 1. The largest absolute Gasteiger partial charge is 0.332 e. The lowest BCUT2D eigenvalue weighted by Crippen LogP contribution is -2.43. The van der Waals surface area contributed by atoms with Gasteiger partial charge >= 0.3 is 5.69 Å². The Morgan fingerprint density at radius 3 is 2.59 bits per heavy atom. The van der Waals surface area contributed by atoms with Gasteiger partial charge in [0.15, 0.2) is 0 Å². The van der Waals surface area contributed by atoms with E-state index in [0.717, 1.165) is 0 Å². The molecular formula is C20H20FN3O3. The molecule has 6 nitrogen and oxygen atoms in total. The first-order valence-corrected chi connectivity index (χ1v) is 8.72. The Balaban J connectivity index is 2.06. The predicted molar refractivity (Wildman–Crippen MR) is 102 cm³/mol. The fourth-order valence-corrected chi connectivity index (χ4v) is 2.97. The highest BCUT2D eigenvalue weighted by atomic mass is 19.1. The number of halogens is 1. The Labute approximate surface area is 154 Å². The number of anilines is 1. The number of nitrogens with zero attached hydrogens (tertiary/aromatic N) is 2. The molecule has 1 heterocycles. The van der Waals surface area contributed by atoms with Crippen LogP contribution in [0.5, 0.6) is 0 Å². The Bertz CT molecular complexity index is 1120. The van der Waals surface area contributed by atoms with Crippen molar-refractivity contribution >= 4 is 22.5 Å². The average molecular weight is 369 g/mol. The number of hydrogen-bond acceptors (Lipinski definition) is 3. The molecule has 0 aliphatic rings. The average Bonchev–Trinajstić information content (AvgIpc) is 2.65. The Morgan fingerprint density at radius 2 is 1.89 bits per heavy atom. The van der Waals surface area contributed by atoms with Crippen molar-refractivity contribution in [3.8, 4) is 0 Å². The van der Waals surface area contributed by atoms with Gasteiger partial charge < -0.3 is 5.32 Å². The van der Waals surface area contributed by atoms with Crippen LogP contribution < -0.4 is 16.6 Å². The zero-order chi connectivity index (χ0) is 19.6. The number of para-hydroxylation sites is 1. The molecule has 0 radical (unpaired) electrons. The van der Waals surface area contributed by atoms with Crippen molar-refractivity contribution in [3.63, 3.8) is 0 Å². The van der Waals surface area contributed by atoms with Crippen molar-refractivity contribution in [2.45, 2.75) is 32.9 Å². The minimum Gasteiger partial charge on any atom is -0.324 e. The minimum absolute atomic E-state index is 0.285. The maximum absolute atomic E-state index is 13.3. The summed E-state index contributed by atoms with van der Waals surface area (Å²) in [5, 5.41) is 2.95. The van der Waals surface area contributed by atoms with Crippen LogP contribution in [0, 0.1) is 5.82 Å². The number of rotatable bonds is 5. The van der Waals surface area contributed by atoms with Crippen molar-refractivity contribution in [3.05, 3.63) is 75.2 Å². The van der Waals surface area contributed by atoms with Gasteiger partial charge in [0, 0.05) is 11.7 Å². The Kier molecular flexibility index (Phi) is 5.21. The van der Waals surface area contributed by atoms with E-state index in [9.17, 15) is 18.8 Å². The van der Waals surface area contributed by atoms with E-state index in [1.807, 2.05) is 6.92 Å². The number of carbonyl (C=O) groups is 1. The summed E-state index contributed by atoms with van der Waals surface area (Å²) in [5.41, 5.74) is -0.219. The van der Waals surface area contributed by atoms with Crippen molar-refractivity contribution < 1.29 is 9.18 Å². The molecule has 140 valence electrons. The highest BCUT2D eigenvalue weighted by Gasteiger charge is 2.18. The van der Waals surface area contributed by atoms with Crippen molar-refractivity contribution in [1.82, 2.24) is 9.13 Å². The summed E-state index contributed by atoms with van der Waals surface area (Å²) in [7, 11) is 0. The highest BCUT2D eigenvalue weighted by molar-refractivity contribution is 5.91. The second-order valence-electron chi connectivity index (χ2n) is 6.38. The third-order valence-corrected chi connectivity index (χ3v) is 4.52. The molecule has 1 N–H and O–H groups in total. The molecule has 1 aromatic heterocycles. The molecule has 0 spiro atoms. The van der Waals surface area contributed by atoms with Crippen LogP contribution in [0.2, 0.25) is 0 Å². The molecule has 7 heteroatoms. The number of carbonyl (C=O) groups excluding carboxylic acids is 1. The second kappa shape index (κ2) is 7.57. The van der Waals surface area contributed by atoms with Crippen LogP contribution >= 0.6 is 0 Å². The lowest BCUT2D eigenvalue weighted by atomic mass is 10.2. The van der Waals surface area contributed by atoms with Crippen molar-refractivity contribution in [2.75, 3.05) is 5.32 Å². The van der Waals surface area contributed by atoms with E-state index in [1.54, 1.807) is 37.3 Å². The van der Waals surface area contributed by atoms with E-state index >= 15 is 0 Å². The van der Waals surface area contributed by atoms with E-state index in [2.05, 4.69) is 5.32 Å². The van der Waals surface area contributed by atoms with E-state index in [0.29, 0.717) is 23.0 Å². The maximum Gasteiger partial charge on any atom is 0.332 e. The topological polar surface area (TPSA) is 73.1 Å². The molecule has 1 atom stereocenters. The van der Waals surface area contributed by atoms with E-state index in [-0.39, 0.29) is 18.1 Å². The monoisotopic (exact) mass is 369 g/mol. The standard InChI is InChI=1S/C20H20FN3O3/c1-3-13(2)24-19(26)16-9-4-5-10-17(16)23(20(24)27)12-18(25)22-15-8-6-7-14(21)11-15/h4-11,13H,3,12H2,1-2H3,(H,22,25). The third-order valence-electron chi connectivity index (χ3n) is 4.52. The zero-order valence-corrected chi connectivity index (χ0v) is 15.1. The third kappa shape index (κ3) is 3.67. The van der Waals surface area contributed by atoms with E-state index in [1.165, 1.54) is 27.3 Å². The molecule has 0 saturated carbocycles. The zero-order valence-electron chi connectivity index (χ0n) is 15.1. The summed E-state index contributed by atoms with van der Waals surface area (Å²) >= 11 is 0. The summed E-state index contributed by atoms with van der Waals surface area (Å²) in [6, 6.07) is 11.9. The normalized spacial score (nSPS) is 12.1. The van der Waals surface area contributed by atoms with Crippen LogP contribution in [-0.2, 0) is 11.3 Å². The van der Waals surface area contributed by atoms with Crippen LogP contribution in [0.3, 0.4) is 0 Å². The summed E-state index contributed by atoms with van der Waals surface area (Å²) in [6.07, 6.45) is 0.600. The first-order valence-electron chi connectivity index (χ1n) is 8.72. The number of fused-ring (bicyclic) bond motifs is 1. The molecule has 2 aromatic carbocycles. The molecule has 27 heavy (non-hydrogen) atoms. The van der Waals surface area contributed by atoms with Crippen LogP contribution in [0.15, 0.2) is 58.1 Å². The SMILES string of the molecule is CCC(C)n1c(=O)c2ccccc2n(CC(=O)Nc2cccc(F)c2)c1=O.